The van der Waals surface area contributed by atoms with Crippen molar-refractivity contribution in [2.45, 2.75) is 25.7 Å². The third kappa shape index (κ3) is 7.65. The standard InChI is InChI=1S/2C21H16N.2ClH.Zr/c2*1-15-8-10-16(11-9-15)17-5-4-6-18-19(17)12-13-20(18)21-7-2-3-14-22-21;;;/h2*2-12,14,20H,1H3;2*1H;/q2*-1;;;+4/p-2. The van der Waals surface area contributed by atoms with E-state index < -0.39 is 0 Å². The summed E-state index contributed by atoms with van der Waals surface area (Å²) >= 11 is 0. The fourth-order valence-electron chi connectivity index (χ4n) is 6.06. The van der Waals surface area contributed by atoms with Crippen LogP contribution in [0.5, 0.6) is 0 Å². The number of allylic oxidation sites excluding steroid dienone is 2. The molecule has 0 radical (unpaired) electrons. The van der Waals surface area contributed by atoms with Crippen molar-refractivity contribution >= 4 is 12.2 Å². The van der Waals surface area contributed by atoms with Crippen LogP contribution in [0, 0.1) is 26.0 Å². The molecule has 5 heteroatoms. The maximum Gasteiger partial charge on any atom is 4.00 e. The van der Waals surface area contributed by atoms with Crippen molar-refractivity contribution in [3.63, 3.8) is 0 Å². The van der Waals surface area contributed by atoms with E-state index in [0.29, 0.717) is 0 Å². The van der Waals surface area contributed by atoms with Gasteiger partial charge in [-0.3, -0.25) is 22.1 Å². The number of hydrogen-bond donors (Lipinski definition) is 0. The van der Waals surface area contributed by atoms with Crippen molar-refractivity contribution in [1.82, 2.24) is 9.97 Å². The van der Waals surface area contributed by atoms with Crippen molar-refractivity contribution in [2.24, 2.45) is 0 Å². The fourth-order valence-corrected chi connectivity index (χ4v) is 6.06. The summed E-state index contributed by atoms with van der Waals surface area (Å²) in [7, 11) is 0. The van der Waals surface area contributed by atoms with Crippen molar-refractivity contribution in [2.75, 3.05) is 0 Å². The molecule has 6 aromatic rings. The average molecular weight is 727 g/mol. The predicted octanol–water partition coefficient (Wildman–Crippen LogP) is 4.04. The Morgan fingerprint density at radius 3 is 1.23 bits per heavy atom. The number of nitrogens with zero attached hydrogens (tertiary/aromatic N) is 2. The Morgan fingerprint density at radius 2 is 0.872 bits per heavy atom. The van der Waals surface area contributed by atoms with Gasteiger partial charge in [-0.1, -0.05) is 119 Å². The second-order valence-electron chi connectivity index (χ2n) is 11.3. The molecule has 2 heterocycles. The van der Waals surface area contributed by atoms with Crippen LogP contribution in [0.25, 0.3) is 34.4 Å². The molecule has 2 aliphatic rings. The molecule has 0 aliphatic heterocycles. The normalized spacial score (nSPS) is 14.8. The molecule has 8 rings (SSSR count). The minimum Gasteiger partial charge on any atom is -1.00 e. The molecule has 0 saturated heterocycles. The van der Waals surface area contributed by atoms with E-state index in [2.05, 4.69) is 145 Å². The molecule has 0 bridgehead atoms. The molecule has 0 amide bonds. The van der Waals surface area contributed by atoms with Crippen LogP contribution < -0.4 is 24.8 Å². The van der Waals surface area contributed by atoms with Crippen LogP contribution in [0.15, 0.2) is 134 Å². The van der Waals surface area contributed by atoms with Gasteiger partial charge in [-0.2, -0.15) is 11.1 Å². The molecule has 2 unspecified atom stereocenters. The Hall–Kier alpha value is -3.88. The van der Waals surface area contributed by atoms with Gasteiger partial charge in [0, 0.05) is 23.8 Å². The van der Waals surface area contributed by atoms with Crippen LogP contribution in [0.3, 0.4) is 0 Å². The van der Waals surface area contributed by atoms with E-state index >= 15 is 0 Å². The van der Waals surface area contributed by atoms with E-state index in [-0.39, 0.29) is 62.9 Å². The van der Waals surface area contributed by atoms with E-state index in [0.717, 1.165) is 11.4 Å². The van der Waals surface area contributed by atoms with E-state index in [1.54, 1.807) is 0 Å². The first-order valence-electron chi connectivity index (χ1n) is 15.1. The minimum atomic E-state index is 0. The number of aromatic nitrogens is 2. The van der Waals surface area contributed by atoms with Gasteiger partial charge in [0.15, 0.2) is 0 Å². The first kappa shape index (κ1) is 36.0. The number of benzene rings is 4. The van der Waals surface area contributed by atoms with Crippen molar-refractivity contribution in [3.8, 4) is 22.3 Å². The molecule has 228 valence electrons. The van der Waals surface area contributed by atoms with Crippen LogP contribution >= 0.6 is 0 Å². The predicted molar refractivity (Wildman–Crippen MR) is 181 cm³/mol. The first-order chi connectivity index (χ1) is 21.7. The van der Waals surface area contributed by atoms with E-state index in [1.807, 2.05) is 36.7 Å². The quantitative estimate of drug-likeness (QED) is 0.257. The summed E-state index contributed by atoms with van der Waals surface area (Å²) in [4.78, 5) is 8.98. The van der Waals surface area contributed by atoms with Gasteiger partial charge < -0.3 is 24.8 Å². The zero-order valence-electron chi connectivity index (χ0n) is 26.2. The zero-order chi connectivity index (χ0) is 29.9. The second kappa shape index (κ2) is 16.3. The van der Waals surface area contributed by atoms with E-state index in [1.165, 1.54) is 55.6 Å². The van der Waals surface area contributed by atoms with Crippen LogP contribution in [-0.2, 0) is 26.2 Å². The maximum atomic E-state index is 4.49. The summed E-state index contributed by atoms with van der Waals surface area (Å²) in [6.45, 7) is 4.23. The molecule has 0 spiro atoms. The third-order valence-corrected chi connectivity index (χ3v) is 8.38. The minimum absolute atomic E-state index is 0. The Balaban J connectivity index is 0.000000200. The van der Waals surface area contributed by atoms with Gasteiger partial charge >= 0.3 is 26.2 Å². The molecular formula is C42H32Cl2N2Zr. The molecule has 4 aromatic carbocycles. The van der Waals surface area contributed by atoms with Crippen molar-refractivity contribution < 1.29 is 51.0 Å². The monoisotopic (exact) mass is 724 g/mol. The number of pyridine rings is 2. The molecule has 2 aromatic heterocycles. The number of rotatable bonds is 4. The van der Waals surface area contributed by atoms with Crippen LogP contribution in [-0.4, -0.2) is 9.97 Å². The van der Waals surface area contributed by atoms with Crippen molar-refractivity contribution in [3.05, 3.63) is 191 Å². The van der Waals surface area contributed by atoms with E-state index in [9.17, 15) is 0 Å². The first-order valence-corrected chi connectivity index (χ1v) is 15.1. The number of halogens is 2. The Kier molecular flexibility index (Phi) is 12.5. The van der Waals surface area contributed by atoms with Gasteiger partial charge in [0.05, 0.1) is 0 Å². The molecule has 0 N–H and O–H groups in total. The molecule has 2 nitrogen and oxygen atoms in total. The van der Waals surface area contributed by atoms with Gasteiger partial charge in [-0.05, 0) is 61.1 Å². The van der Waals surface area contributed by atoms with Crippen LogP contribution in [0.2, 0.25) is 0 Å². The molecular weight excluding hydrogens is 695 g/mol. The van der Waals surface area contributed by atoms with Gasteiger partial charge in [-0.25, -0.2) is 12.2 Å². The van der Waals surface area contributed by atoms with Crippen LogP contribution in [0.1, 0.15) is 56.6 Å². The Labute approximate surface area is 309 Å². The summed E-state index contributed by atoms with van der Waals surface area (Å²) in [5, 5.41) is 0. The molecule has 47 heavy (non-hydrogen) atoms. The Bertz CT molecular complexity index is 1820. The average Bonchev–Trinajstić information content (AvgIpc) is 3.72. The summed E-state index contributed by atoms with van der Waals surface area (Å²) in [6.07, 6.45) is 14.9. The number of fused-ring (bicyclic) bond motifs is 2. The van der Waals surface area contributed by atoms with Gasteiger partial charge in [-0.15, -0.1) is 11.1 Å². The summed E-state index contributed by atoms with van der Waals surface area (Å²) in [5.74, 6) is 0.281. The summed E-state index contributed by atoms with van der Waals surface area (Å²) in [5.41, 5.74) is 14.8. The third-order valence-electron chi connectivity index (χ3n) is 8.38. The molecule has 0 saturated carbocycles. The van der Waals surface area contributed by atoms with Crippen LogP contribution in [0.4, 0.5) is 0 Å². The largest absolute Gasteiger partial charge is 4.00 e. The number of hydrogen-bond acceptors (Lipinski definition) is 2. The summed E-state index contributed by atoms with van der Waals surface area (Å²) in [6, 6.07) is 42.5. The molecule has 0 fully saturated rings. The maximum absolute atomic E-state index is 4.49. The second-order valence-corrected chi connectivity index (χ2v) is 11.3. The van der Waals surface area contributed by atoms with Gasteiger partial charge in [0.2, 0.25) is 0 Å². The van der Waals surface area contributed by atoms with Gasteiger partial charge in [0.1, 0.15) is 0 Å². The smallest absolute Gasteiger partial charge is 1.00 e. The number of aryl methyl sites for hydroxylation is 2. The molecule has 2 aliphatic carbocycles. The SMILES string of the molecule is Cc1ccc(-c2cccc3c2C=[C-]C3c2ccccn2)cc1.Cc1ccc(-c2cccc3c2C=[C-]C3c2ccccn2)cc1.[Cl-].[Cl-].[Zr+4]. The topological polar surface area (TPSA) is 25.8 Å². The Morgan fingerprint density at radius 1 is 0.468 bits per heavy atom. The van der Waals surface area contributed by atoms with Gasteiger partial charge in [0.25, 0.3) is 0 Å². The van der Waals surface area contributed by atoms with E-state index in [4.69, 9.17) is 0 Å². The van der Waals surface area contributed by atoms with Crippen molar-refractivity contribution in [1.29, 1.82) is 0 Å². The molecule has 2 atom stereocenters. The summed E-state index contributed by atoms with van der Waals surface area (Å²) < 4.78 is 0. The fraction of sp³-hybridized carbons (Fsp3) is 0.0952. The zero-order valence-corrected chi connectivity index (χ0v) is 30.1.